The average molecular weight is 368 g/mol. The van der Waals surface area contributed by atoms with E-state index in [-0.39, 0.29) is 4.90 Å². The molecule has 7 nitrogen and oxygen atoms in total. The molecule has 2 fully saturated rings. The van der Waals surface area contributed by atoms with Crippen LogP contribution in [0.15, 0.2) is 23.1 Å². The van der Waals surface area contributed by atoms with Crippen molar-refractivity contribution in [2.75, 3.05) is 51.4 Å². The van der Waals surface area contributed by atoms with Gasteiger partial charge in [-0.25, -0.2) is 13.2 Å². The molecule has 1 aromatic carbocycles. The van der Waals surface area contributed by atoms with E-state index in [0.717, 1.165) is 31.6 Å². The van der Waals surface area contributed by atoms with E-state index in [0.29, 0.717) is 31.9 Å². The summed E-state index contributed by atoms with van der Waals surface area (Å²) in [6.07, 6.45) is 3.30. The lowest BCUT2D eigenvalue weighted by Gasteiger charge is -2.31. The number of nitrogens with zero attached hydrogens (tertiary/aromatic N) is 2. The van der Waals surface area contributed by atoms with Gasteiger partial charge in [0, 0.05) is 26.2 Å². The summed E-state index contributed by atoms with van der Waals surface area (Å²) in [5.74, 6) is -0.514. The lowest BCUT2D eigenvalue weighted by atomic mass is 10.1. The molecular formula is C17H24N2O5S. The van der Waals surface area contributed by atoms with Gasteiger partial charge in [0.15, 0.2) is 0 Å². The molecule has 2 aliphatic rings. The Hall–Kier alpha value is -1.64. The minimum atomic E-state index is -3.65. The second-order valence-electron chi connectivity index (χ2n) is 6.23. The topological polar surface area (TPSA) is 76.2 Å². The number of carbonyl (C=O) groups excluding carboxylic acids is 1. The van der Waals surface area contributed by atoms with Gasteiger partial charge >= 0.3 is 5.97 Å². The van der Waals surface area contributed by atoms with E-state index in [1.54, 1.807) is 12.1 Å². The van der Waals surface area contributed by atoms with Gasteiger partial charge in [-0.2, -0.15) is 4.31 Å². The van der Waals surface area contributed by atoms with Crippen molar-refractivity contribution < 1.29 is 22.7 Å². The molecule has 0 aromatic heterocycles. The number of morpholine rings is 1. The van der Waals surface area contributed by atoms with E-state index in [9.17, 15) is 13.2 Å². The molecule has 3 rings (SSSR count). The minimum Gasteiger partial charge on any atom is -0.465 e. The minimum absolute atomic E-state index is 0.121. The zero-order valence-electron chi connectivity index (χ0n) is 14.4. The number of sulfonamides is 1. The number of benzene rings is 1. The Bertz CT molecular complexity index is 723. The molecule has 2 aliphatic heterocycles. The summed E-state index contributed by atoms with van der Waals surface area (Å²) in [5.41, 5.74) is 1.05. The first-order valence-corrected chi connectivity index (χ1v) is 10.0. The summed E-state index contributed by atoms with van der Waals surface area (Å²) >= 11 is 0. The molecule has 8 heteroatoms. The number of anilines is 1. The molecule has 0 unspecified atom stereocenters. The lowest BCUT2D eigenvalue weighted by Crippen LogP contribution is -2.40. The fourth-order valence-corrected chi connectivity index (χ4v) is 4.73. The van der Waals surface area contributed by atoms with Crippen molar-refractivity contribution in [1.82, 2.24) is 4.31 Å². The van der Waals surface area contributed by atoms with Crippen LogP contribution in [0.25, 0.3) is 0 Å². The average Bonchev–Trinajstić information content (AvgIpc) is 2.68. The van der Waals surface area contributed by atoms with E-state index in [2.05, 4.69) is 4.90 Å². The van der Waals surface area contributed by atoms with Crippen molar-refractivity contribution in [3.8, 4) is 0 Å². The second-order valence-corrected chi connectivity index (χ2v) is 8.17. The van der Waals surface area contributed by atoms with Gasteiger partial charge < -0.3 is 14.4 Å². The fraction of sp³-hybridized carbons (Fsp3) is 0.588. The largest absolute Gasteiger partial charge is 0.465 e. The Morgan fingerprint density at radius 1 is 1.08 bits per heavy atom. The zero-order chi connectivity index (χ0) is 17.9. The molecule has 0 bridgehead atoms. The number of carbonyl (C=O) groups is 1. The maximum absolute atomic E-state index is 12.8. The van der Waals surface area contributed by atoms with E-state index in [4.69, 9.17) is 9.47 Å². The molecule has 0 amide bonds. The normalized spacial score (nSPS) is 19.6. The summed E-state index contributed by atoms with van der Waals surface area (Å²) in [4.78, 5) is 14.5. The summed E-state index contributed by atoms with van der Waals surface area (Å²) in [6, 6.07) is 4.76. The van der Waals surface area contributed by atoms with Crippen molar-refractivity contribution in [3.63, 3.8) is 0 Å². The SMILES string of the molecule is COC(=O)c1cc(S(=O)(=O)N2CCOCC2)ccc1N1CCCCC1. The summed E-state index contributed by atoms with van der Waals surface area (Å²) in [5, 5.41) is 0. The van der Waals surface area contributed by atoms with Crippen molar-refractivity contribution in [2.45, 2.75) is 24.2 Å². The van der Waals surface area contributed by atoms with E-state index >= 15 is 0 Å². The number of ether oxygens (including phenoxy) is 2. The predicted octanol–water partition coefficient (Wildman–Crippen LogP) is 1.48. The first-order chi connectivity index (χ1) is 12.0. The number of methoxy groups -OCH3 is 1. The maximum Gasteiger partial charge on any atom is 0.340 e. The third-order valence-electron chi connectivity index (χ3n) is 4.68. The smallest absolute Gasteiger partial charge is 0.340 e. The van der Waals surface area contributed by atoms with E-state index in [1.807, 2.05) is 0 Å². The highest BCUT2D eigenvalue weighted by Crippen LogP contribution is 2.29. The van der Waals surface area contributed by atoms with E-state index < -0.39 is 16.0 Å². The van der Waals surface area contributed by atoms with Crippen LogP contribution in [0, 0.1) is 0 Å². The van der Waals surface area contributed by atoms with Gasteiger partial charge in [-0.05, 0) is 37.5 Å². The van der Waals surface area contributed by atoms with Crippen LogP contribution in [0.3, 0.4) is 0 Å². The molecule has 2 saturated heterocycles. The van der Waals surface area contributed by atoms with Crippen molar-refractivity contribution in [2.24, 2.45) is 0 Å². The maximum atomic E-state index is 12.8. The summed E-state index contributed by atoms with van der Waals surface area (Å²) in [7, 11) is -2.34. The third kappa shape index (κ3) is 3.80. The third-order valence-corrected chi connectivity index (χ3v) is 6.57. The Morgan fingerprint density at radius 3 is 2.40 bits per heavy atom. The van der Waals surface area contributed by atoms with Gasteiger partial charge in [-0.1, -0.05) is 0 Å². The highest BCUT2D eigenvalue weighted by Gasteiger charge is 2.29. The van der Waals surface area contributed by atoms with Gasteiger partial charge in [0.2, 0.25) is 10.0 Å². The van der Waals surface area contributed by atoms with Gasteiger partial charge in [-0.15, -0.1) is 0 Å². The Morgan fingerprint density at radius 2 is 1.76 bits per heavy atom. The number of piperidine rings is 1. The standard InChI is InChI=1S/C17H24N2O5S/c1-23-17(20)15-13-14(25(21,22)19-9-11-24-12-10-19)5-6-16(15)18-7-3-2-4-8-18/h5-6,13H,2-4,7-12H2,1H3. The van der Waals surface area contributed by atoms with Crippen LogP contribution < -0.4 is 4.90 Å². The van der Waals surface area contributed by atoms with Crippen LogP contribution in [0.4, 0.5) is 5.69 Å². The Balaban J connectivity index is 1.97. The summed E-state index contributed by atoms with van der Waals surface area (Å²) in [6.45, 7) is 3.14. The van der Waals surface area contributed by atoms with Crippen molar-refractivity contribution in [1.29, 1.82) is 0 Å². The van der Waals surface area contributed by atoms with Gasteiger partial charge in [-0.3, -0.25) is 0 Å². The van der Waals surface area contributed by atoms with Crippen LogP contribution in [0.1, 0.15) is 29.6 Å². The quantitative estimate of drug-likeness (QED) is 0.750. The number of hydrogen-bond acceptors (Lipinski definition) is 6. The van der Waals surface area contributed by atoms with Crippen LogP contribution in [0.5, 0.6) is 0 Å². The second kappa shape index (κ2) is 7.72. The number of rotatable bonds is 4. The van der Waals surface area contributed by atoms with E-state index in [1.165, 1.54) is 23.9 Å². The van der Waals surface area contributed by atoms with Crippen molar-refractivity contribution in [3.05, 3.63) is 23.8 Å². The lowest BCUT2D eigenvalue weighted by molar-refractivity contribution is 0.0601. The highest BCUT2D eigenvalue weighted by atomic mass is 32.2. The monoisotopic (exact) mass is 368 g/mol. The molecule has 0 radical (unpaired) electrons. The molecular weight excluding hydrogens is 344 g/mol. The van der Waals surface area contributed by atoms with Crippen LogP contribution in [-0.2, 0) is 19.5 Å². The predicted molar refractivity (Wildman–Crippen MR) is 93.4 cm³/mol. The number of hydrogen-bond donors (Lipinski definition) is 0. The summed E-state index contributed by atoms with van der Waals surface area (Å²) < 4.78 is 37.2. The molecule has 0 spiro atoms. The Kier molecular flexibility index (Phi) is 5.61. The van der Waals surface area contributed by atoms with Crippen LogP contribution in [-0.4, -0.2) is 65.2 Å². The number of esters is 1. The highest BCUT2D eigenvalue weighted by molar-refractivity contribution is 7.89. The molecule has 0 aliphatic carbocycles. The first kappa shape index (κ1) is 18.2. The van der Waals surface area contributed by atoms with Gasteiger partial charge in [0.05, 0.1) is 36.5 Å². The van der Waals surface area contributed by atoms with Crippen LogP contribution >= 0.6 is 0 Å². The zero-order valence-corrected chi connectivity index (χ0v) is 15.3. The Labute approximate surface area is 148 Å². The fourth-order valence-electron chi connectivity index (χ4n) is 3.30. The molecule has 1 aromatic rings. The molecule has 138 valence electrons. The first-order valence-electron chi connectivity index (χ1n) is 8.59. The molecule has 0 saturated carbocycles. The van der Waals surface area contributed by atoms with Gasteiger partial charge in [0.25, 0.3) is 0 Å². The van der Waals surface area contributed by atoms with Crippen LogP contribution in [0.2, 0.25) is 0 Å². The molecule has 25 heavy (non-hydrogen) atoms. The molecule has 2 heterocycles. The van der Waals surface area contributed by atoms with Crippen molar-refractivity contribution >= 4 is 21.7 Å². The van der Waals surface area contributed by atoms with Gasteiger partial charge in [0.1, 0.15) is 0 Å². The molecule has 0 atom stereocenters. The molecule has 0 N–H and O–H groups in total.